The Kier molecular flexibility index (Phi) is 6.04. The summed E-state index contributed by atoms with van der Waals surface area (Å²) in [7, 11) is 0. The van der Waals surface area contributed by atoms with Crippen LogP contribution in [0.1, 0.15) is 36.5 Å². The van der Waals surface area contributed by atoms with E-state index < -0.39 is 52.0 Å². The fourth-order valence-electron chi connectivity index (χ4n) is 6.09. The van der Waals surface area contributed by atoms with E-state index in [0.717, 1.165) is 11.1 Å². The Bertz CT molecular complexity index is 1470. The first kappa shape index (κ1) is 25.5. The Morgan fingerprint density at radius 3 is 2.53 bits per heavy atom. The number of benzene rings is 2. The lowest BCUT2D eigenvalue weighted by Crippen LogP contribution is -2.58. The molecule has 1 amide bonds. The number of aromatic hydroxyl groups is 1. The van der Waals surface area contributed by atoms with Gasteiger partial charge in [-0.3, -0.25) is 14.4 Å². The van der Waals surface area contributed by atoms with Crippen LogP contribution in [-0.2, 0) is 27.3 Å². The number of carbonyl (C=O) groups is 3. The van der Waals surface area contributed by atoms with Gasteiger partial charge in [-0.05, 0) is 60.6 Å². The minimum absolute atomic E-state index is 0.0396. The molecule has 5 rings (SSSR count). The molecule has 8 N–H and O–H groups in total. The molecule has 0 heterocycles. The molecule has 2 aromatic carbocycles. The molecule has 0 radical (unpaired) electrons. The van der Waals surface area contributed by atoms with E-state index >= 15 is 0 Å². The third kappa shape index (κ3) is 3.52. The molecular weight excluding hydrogens is 492 g/mol. The summed E-state index contributed by atoms with van der Waals surface area (Å²) in [5.41, 5.74) is 10.4. The average molecular weight is 521 g/mol. The van der Waals surface area contributed by atoms with Crippen molar-refractivity contribution in [3.63, 3.8) is 0 Å². The van der Waals surface area contributed by atoms with Gasteiger partial charge in [0.15, 0.2) is 11.4 Å². The molecule has 0 spiro atoms. The Morgan fingerprint density at radius 2 is 1.87 bits per heavy atom. The molecule has 3 aliphatic carbocycles. The highest BCUT2D eigenvalue weighted by Crippen LogP contribution is 2.53. The number of hydrogen-bond acceptors (Lipinski definition) is 9. The Labute approximate surface area is 217 Å². The first-order valence-electron chi connectivity index (χ1n) is 12.3. The predicted octanol–water partition coefficient (Wildman–Crippen LogP) is 1.95. The first-order valence-corrected chi connectivity index (χ1v) is 12.3. The predicted molar refractivity (Wildman–Crippen MR) is 136 cm³/mol. The van der Waals surface area contributed by atoms with Crippen molar-refractivity contribution in [2.24, 2.45) is 23.3 Å². The van der Waals surface area contributed by atoms with Gasteiger partial charge in [0.2, 0.25) is 5.78 Å². The van der Waals surface area contributed by atoms with Gasteiger partial charge in [-0.1, -0.05) is 12.1 Å². The largest absolute Gasteiger partial charge is 0.508 e. The Hall–Kier alpha value is -4.15. The van der Waals surface area contributed by atoms with Crippen LogP contribution in [0, 0.1) is 11.8 Å². The Balaban J connectivity index is 1.67. The maximum atomic E-state index is 13.6. The topological polar surface area (TPSA) is 193 Å². The van der Waals surface area contributed by atoms with Crippen molar-refractivity contribution in [1.29, 1.82) is 0 Å². The van der Waals surface area contributed by atoms with E-state index in [1.54, 1.807) is 12.1 Å². The molecule has 38 heavy (non-hydrogen) atoms. The van der Waals surface area contributed by atoms with E-state index in [1.807, 2.05) is 19.1 Å². The van der Waals surface area contributed by atoms with Crippen molar-refractivity contribution < 1.29 is 39.5 Å². The summed E-state index contributed by atoms with van der Waals surface area (Å²) in [5.74, 6) is -5.91. The zero-order valence-electron chi connectivity index (χ0n) is 20.7. The number of Topliss-reactive ketones (excluding diaryl/α,β-unsaturated/α-hetero) is 2. The van der Waals surface area contributed by atoms with Crippen molar-refractivity contribution >= 4 is 23.2 Å². The van der Waals surface area contributed by atoms with Gasteiger partial charge >= 0.3 is 0 Å². The van der Waals surface area contributed by atoms with E-state index in [9.17, 15) is 34.8 Å². The summed E-state index contributed by atoms with van der Waals surface area (Å²) in [6, 6.07) is 8.61. The smallest absolute Gasteiger partial charge is 0.255 e. The lowest BCUT2D eigenvalue weighted by atomic mass is 9.59. The van der Waals surface area contributed by atoms with E-state index in [0.29, 0.717) is 23.5 Å². The van der Waals surface area contributed by atoms with Crippen molar-refractivity contribution in [3.05, 3.63) is 63.9 Å². The summed E-state index contributed by atoms with van der Waals surface area (Å²) < 4.78 is 5.64. The SMILES string of the molecule is CCOc1ccc(-c2ccc(O)c3c2C[C@H]2C[C@H]4CC(=O)C(C(N)=O)=C(O)[C@@]4(O)C(=O)C2=C3O)cc1CN. The molecule has 2 aromatic rings. The number of fused-ring (bicyclic) bond motifs is 3. The maximum Gasteiger partial charge on any atom is 0.255 e. The van der Waals surface area contributed by atoms with Crippen LogP contribution in [0.2, 0.25) is 0 Å². The fourth-order valence-corrected chi connectivity index (χ4v) is 6.09. The molecule has 0 bridgehead atoms. The number of rotatable bonds is 5. The molecule has 1 saturated carbocycles. The fraction of sp³-hybridized carbons (Fsp3) is 0.321. The number of nitrogens with two attached hydrogens (primary N) is 2. The van der Waals surface area contributed by atoms with Gasteiger partial charge in [0.25, 0.3) is 5.91 Å². The zero-order chi connectivity index (χ0) is 27.5. The zero-order valence-corrected chi connectivity index (χ0v) is 20.7. The van der Waals surface area contributed by atoms with Crippen LogP contribution in [0.25, 0.3) is 16.9 Å². The van der Waals surface area contributed by atoms with Crippen LogP contribution in [0.15, 0.2) is 47.2 Å². The minimum Gasteiger partial charge on any atom is -0.508 e. The van der Waals surface area contributed by atoms with Gasteiger partial charge < -0.3 is 36.6 Å². The number of hydrogen-bond donors (Lipinski definition) is 6. The number of ether oxygens (including phenoxy) is 1. The normalized spacial score (nSPS) is 24.6. The van der Waals surface area contributed by atoms with E-state index in [4.69, 9.17) is 16.2 Å². The highest BCUT2D eigenvalue weighted by atomic mass is 16.5. The second kappa shape index (κ2) is 9.00. The Morgan fingerprint density at radius 1 is 1.13 bits per heavy atom. The highest BCUT2D eigenvalue weighted by molar-refractivity contribution is 6.22. The van der Waals surface area contributed by atoms with E-state index in [2.05, 4.69) is 0 Å². The summed E-state index contributed by atoms with van der Waals surface area (Å²) >= 11 is 0. The van der Waals surface area contributed by atoms with Crippen molar-refractivity contribution in [1.82, 2.24) is 0 Å². The molecular formula is C28H28N2O8. The molecule has 3 atom stereocenters. The molecule has 0 aromatic heterocycles. The number of ketones is 2. The molecule has 10 nitrogen and oxygen atoms in total. The second-order valence-corrected chi connectivity index (χ2v) is 9.85. The number of aliphatic hydroxyl groups is 3. The van der Waals surface area contributed by atoms with Gasteiger partial charge in [-0.15, -0.1) is 0 Å². The maximum absolute atomic E-state index is 13.6. The summed E-state index contributed by atoms with van der Waals surface area (Å²) in [6.07, 6.45) is -0.0910. The monoisotopic (exact) mass is 520 g/mol. The van der Waals surface area contributed by atoms with Crippen LogP contribution >= 0.6 is 0 Å². The number of amides is 1. The number of phenols is 1. The summed E-state index contributed by atoms with van der Waals surface area (Å²) in [6.45, 7) is 2.57. The quantitative estimate of drug-likeness (QED) is 0.320. The molecule has 10 heteroatoms. The third-order valence-electron chi connectivity index (χ3n) is 7.84. The lowest BCUT2D eigenvalue weighted by Gasteiger charge is -2.46. The summed E-state index contributed by atoms with van der Waals surface area (Å²) in [5, 5.41) is 44.0. The van der Waals surface area contributed by atoms with Crippen LogP contribution < -0.4 is 16.2 Å². The highest BCUT2D eigenvalue weighted by Gasteiger charge is 2.60. The van der Waals surface area contributed by atoms with Gasteiger partial charge in [0.1, 0.15) is 28.6 Å². The molecule has 0 saturated heterocycles. The molecule has 198 valence electrons. The van der Waals surface area contributed by atoms with Crippen molar-refractivity contribution in [3.8, 4) is 22.6 Å². The van der Waals surface area contributed by atoms with Gasteiger partial charge in [0.05, 0.1) is 12.2 Å². The first-order chi connectivity index (χ1) is 18.0. The van der Waals surface area contributed by atoms with Gasteiger partial charge in [0, 0.05) is 30.0 Å². The average Bonchev–Trinajstić information content (AvgIpc) is 2.86. The van der Waals surface area contributed by atoms with Crippen molar-refractivity contribution in [2.75, 3.05) is 6.61 Å². The van der Waals surface area contributed by atoms with Crippen LogP contribution in [0.4, 0.5) is 0 Å². The van der Waals surface area contributed by atoms with E-state index in [-0.39, 0.29) is 42.7 Å². The van der Waals surface area contributed by atoms with Crippen molar-refractivity contribution in [2.45, 2.75) is 38.3 Å². The van der Waals surface area contributed by atoms with Crippen LogP contribution in [-0.4, -0.2) is 50.1 Å². The van der Waals surface area contributed by atoms with Gasteiger partial charge in [-0.25, -0.2) is 0 Å². The number of phenolic OH excluding ortho intramolecular Hbond substituents is 1. The number of aliphatic hydroxyl groups excluding tert-OH is 2. The van der Waals surface area contributed by atoms with Crippen LogP contribution in [0.5, 0.6) is 11.5 Å². The molecule has 0 unspecified atom stereocenters. The lowest BCUT2D eigenvalue weighted by molar-refractivity contribution is -0.147. The summed E-state index contributed by atoms with van der Waals surface area (Å²) in [4.78, 5) is 38.0. The van der Waals surface area contributed by atoms with Crippen LogP contribution in [0.3, 0.4) is 0 Å². The third-order valence-corrected chi connectivity index (χ3v) is 7.84. The molecule has 1 fully saturated rings. The number of primary amides is 1. The van der Waals surface area contributed by atoms with Gasteiger partial charge in [-0.2, -0.15) is 0 Å². The molecule has 3 aliphatic rings. The van der Waals surface area contributed by atoms with E-state index in [1.165, 1.54) is 6.07 Å². The number of carbonyl (C=O) groups excluding carboxylic acids is 3. The second-order valence-electron chi connectivity index (χ2n) is 9.85. The minimum atomic E-state index is -2.59. The standard InChI is InChI=1S/C28H28N2O8/c1-2-38-20-6-3-12(7-14(20)11-29)16-4-5-18(31)22-17(16)9-13-8-15-10-19(32)23(27(30)36)26(35)28(15,37)25(34)21(13)24(22)33/h3-7,13,15,31,33,35,37H,2,8-11,29H2,1H3,(H2,30,36)/t13-,15+,28+/m1/s1. The molecule has 0 aliphatic heterocycles.